The molecule has 0 amide bonds. The van der Waals surface area contributed by atoms with Gasteiger partial charge in [-0.25, -0.2) is 0 Å². The molecule has 3 atom stereocenters. The topological polar surface area (TPSA) is 65.3 Å². The van der Waals surface area contributed by atoms with Gasteiger partial charge in [0.2, 0.25) is 0 Å². The molecule has 3 aliphatic rings. The number of epoxide rings is 3. The molecule has 0 bridgehead atoms. The van der Waals surface area contributed by atoms with E-state index in [-0.39, 0.29) is 40.0 Å². The van der Waals surface area contributed by atoms with Gasteiger partial charge in [-0.05, 0) is 88.4 Å². The highest BCUT2D eigenvalue weighted by atomic mass is 16.6. The Labute approximate surface area is 355 Å². The zero-order chi connectivity index (χ0) is 42.9. The molecule has 0 N–H and O–H groups in total. The summed E-state index contributed by atoms with van der Waals surface area (Å²) >= 11 is 0. The maximum Gasteiger partial charge on any atom is 0.126 e. The molecule has 6 nitrogen and oxygen atoms in total. The van der Waals surface area contributed by atoms with Crippen molar-refractivity contribution >= 4 is 0 Å². The van der Waals surface area contributed by atoms with Crippen molar-refractivity contribution < 1.29 is 28.4 Å². The summed E-state index contributed by atoms with van der Waals surface area (Å²) in [5.74, 6) is 2.93. The van der Waals surface area contributed by atoms with E-state index in [1.807, 2.05) is 0 Å². The first-order valence-electron chi connectivity index (χ1n) is 21.8. The Morgan fingerprint density at radius 2 is 0.712 bits per heavy atom. The average molecular weight is 803 g/mol. The summed E-state index contributed by atoms with van der Waals surface area (Å²) in [6, 6.07) is 23.7. The van der Waals surface area contributed by atoms with Crippen molar-refractivity contribution in [3.8, 4) is 17.2 Å². The smallest absolute Gasteiger partial charge is 0.126 e. The van der Waals surface area contributed by atoms with Crippen molar-refractivity contribution in [3.63, 3.8) is 0 Å². The Bertz CT molecular complexity index is 2080. The largest absolute Gasteiger partial charge is 0.490 e. The SMILES string of the molecule is Cc1cc(C(C)(C)c2ccc(C(C)(c3cc(C)c(OCC4CO4)c(C(C)(C)C)c3)c3cc(C)c(OCC4CO4)c(C(C)(C)C)c3)cc2)cc(C(C)(C)C)c1OCC1CO1. The summed E-state index contributed by atoms with van der Waals surface area (Å²) in [5, 5.41) is 0. The molecule has 0 spiro atoms. The molecule has 0 radical (unpaired) electrons. The van der Waals surface area contributed by atoms with Crippen LogP contribution in [0.2, 0.25) is 0 Å². The second-order valence-electron chi connectivity index (χ2n) is 21.4. The Morgan fingerprint density at radius 3 is 1.02 bits per heavy atom. The molecule has 3 fully saturated rings. The molecular weight excluding hydrogens is 733 g/mol. The van der Waals surface area contributed by atoms with E-state index in [1.165, 1.54) is 44.5 Å². The highest BCUT2D eigenvalue weighted by molar-refractivity contribution is 5.60. The molecule has 4 aromatic carbocycles. The second-order valence-corrected chi connectivity index (χ2v) is 21.4. The van der Waals surface area contributed by atoms with Gasteiger partial charge < -0.3 is 28.4 Å². The lowest BCUT2D eigenvalue weighted by molar-refractivity contribution is 0.256. The molecule has 4 aromatic rings. The van der Waals surface area contributed by atoms with Crippen LogP contribution in [0.15, 0.2) is 60.7 Å². The van der Waals surface area contributed by atoms with Gasteiger partial charge in [-0.15, -0.1) is 0 Å². The van der Waals surface area contributed by atoms with Crippen molar-refractivity contribution in [2.24, 2.45) is 0 Å². The van der Waals surface area contributed by atoms with Gasteiger partial charge in [0.15, 0.2) is 0 Å². The summed E-state index contributed by atoms with van der Waals surface area (Å²) in [4.78, 5) is 0. The molecule has 59 heavy (non-hydrogen) atoms. The first-order chi connectivity index (χ1) is 27.5. The van der Waals surface area contributed by atoms with Gasteiger partial charge in [-0.1, -0.05) is 137 Å². The van der Waals surface area contributed by atoms with Crippen molar-refractivity contribution in [2.75, 3.05) is 39.6 Å². The number of rotatable bonds is 14. The van der Waals surface area contributed by atoms with E-state index < -0.39 is 5.41 Å². The lowest BCUT2D eigenvalue weighted by atomic mass is 9.67. The summed E-state index contributed by atoms with van der Waals surface area (Å²) in [7, 11) is 0. The zero-order valence-corrected chi connectivity index (χ0v) is 38.7. The van der Waals surface area contributed by atoms with Gasteiger partial charge in [-0.2, -0.15) is 0 Å². The molecule has 3 saturated heterocycles. The predicted octanol–water partition coefficient (Wildman–Crippen LogP) is 11.5. The first kappa shape index (κ1) is 43.3. The standard InChI is InChI=1S/C53H70O6/c1-32-20-37(23-43(49(4,5)6)46(32)57-29-40-26-54-40)52(13,14)35-16-18-36(19-17-35)53(15,38-21-33(2)47(58-30-41-27-55-41)44(24-38)50(7,8)9)39-22-34(3)48(59-31-42-28-56-42)45(25-39)51(10,11)12/h16-25,40-42H,26-31H2,1-15H3. The van der Waals surface area contributed by atoms with Gasteiger partial charge in [0.25, 0.3) is 0 Å². The van der Waals surface area contributed by atoms with E-state index in [0.29, 0.717) is 19.8 Å². The van der Waals surface area contributed by atoms with Crippen LogP contribution >= 0.6 is 0 Å². The van der Waals surface area contributed by atoms with Crippen LogP contribution in [0.1, 0.15) is 144 Å². The monoisotopic (exact) mass is 803 g/mol. The predicted molar refractivity (Wildman–Crippen MR) is 239 cm³/mol. The Balaban J connectivity index is 1.36. The number of ether oxygens (including phenoxy) is 6. The maximum atomic E-state index is 6.55. The van der Waals surface area contributed by atoms with Gasteiger partial charge >= 0.3 is 0 Å². The van der Waals surface area contributed by atoms with E-state index in [0.717, 1.165) is 53.8 Å². The summed E-state index contributed by atoms with van der Waals surface area (Å²) in [6.07, 6.45) is 0.565. The van der Waals surface area contributed by atoms with Crippen LogP contribution in [0.25, 0.3) is 0 Å². The highest BCUT2D eigenvalue weighted by Crippen LogP contribution is 2.48. The third-order valence-electron chi connectivity index (χ3n) is 12.8. The van der Waals surface area contributed by atoms with E-state index >= 15 is 0 Å². The van der Waals surface area contributed by atoms with E-state index in [9.17, 15) is 0 Å². The third-order valence-corrected chi connectivity index (χ3v) is 12.8. The minimum Gasteiger partial charge on any atom is -0.490 e. The number of benzene rings is 4. The molecule has 3 aliphatic heterocycles. The van der Waals surface area contributed by atoms with Crippen LogP contribution in [0, 0.1) is 20.8 Å². The van der Waals surface area contributed by atoms with E-state index in [4.69, 9.17) is 28.4 Å². The molecule has 3 heterocycles. The van der Waals surface area contributed by atoms with Crippen molar-refractivity contribution in [2.45, 2.75) is 149 Å². The van der Waals surface area contributed by atoms with Crippen LogP contribution < -0.4 is 14.2 Å². The van der Waals surface area contributed by atoms with Crippen molar-refractivity contribution in [1.29, 1.82) is 0 Å². The van der Waals surface area contributed by atoms with E-state index in [2.05, 4.69) is 165 Å². The Morgan fingerprint density at radius 1 is 0.424 bits per heavy atom. The zero-order valence-electron chi connectivity index (χ0n) is 38.7. The molecule has 6 heteroatoms. The first-order valence-corrected chi connectivity index (χ1v) is 21.8. The van der Waals surface area contributed by atoms with Crippen LogP contribution in [0.3, 0.4) is 0 Å². The van der Waals surface area contributed by atoms with Crippen LogP contribution in [0.4, 0.5) is 0 Å². The summed E-state index contributed by atoms with van der Waals surface area (Å²) < 4.78 is 36.1. The molecule has 0 aliphatic carbocycles. The Kier molecular flexibility index (Phi) is 11.4. The van der Waals surface area contributed by atoms with Crippen LogP contribution in [-0.2, 0) is 41.3 Å². The summed E-state index contributed by atoms with van der Waals surface area (Å²) in [5.41, 5.74) is 12.1. The lowest BCUT2D eigenvalue weighted by Crippen LogP contribution is -2.29. The lowest BCUT2D eigenvalue weighted by Gasteiger charge is -2.37. The van der Waals surface area contributed by atoms with Gasteiger partial charge in [-0.3, -0.25) is 0 Å². The van der Waals surface area contributed by atoms with Gasteiger partial charge in [0.1, 0.15) is 55.4 Å². The number of hydrogen-bond acceptors (Lipinski definition) is 6. The van der Waals surface area contributed by atoms with Crippen molar-refractivity contribution in [1.82, 2.24) is 0 Å². The Hall–Kier alpha value is -3.84. The molecule has 318 valence electrons. The average Bonchev–Trinajstić information content (AvgIpc) is 3.99. The molecule has 7 rings (SSSR count). The molecular formula is C53H70O6. The summed E-state index contributed by atoms with van der Waals surface area (Å²) in [6.45, 7) is 38.2. The minimum atomic E-state index is -0.519. The van der Waals surface area contributed by atoms with Crippen molar-refractivity contribution in [3.05, 3.63) is 122 Å². The van der Waals surface area contributed by atoms with Gasteiger partial charge in [0.05, 0.1) is 19.8 Å². The minimum absolute atomic E-state index is 0.0884. The fourth-order valence-corrected chi connectivity index (χ4v) is 8.41. The number of aryl methyl sites for hydroxylation is 3. The quantitative estimate of drug-likeness (QED) is 0.0934. The van der Waals surface area contributed by atoms with Crippen LogP contribution in [0.5, 0.6) is 17.2 Å². The number of hydrogen-bond donors (Lipinski definition) is 0. The molecule has 0 aromatic heterocycles. The fraction of sp³-hybridized carbons (Fsp3) is 0.547. The van der Waals surface area contributed by atoms with E-state index in [1.54, 1.807) is 0 Å². The molecule has 3 unspecified atom stereocenters. The highest BCUT2D eigenvalue weighted by Gasteiger charge is 2.38. The third kappa shape index (κ3) is 9.26. The normalized spacial score (nSPS) is 20.2. The maximum absolute atomic E-state index is 6.55. The van der Waals surface area contributed by atoms with Crippen LogP contribution in [-0.4, -0.2) is 58.0 Å². The molecule has 0 saturated carbocycles. The second kappa shape index (κ2) is 15.6. The fourth-order valence-electron chi connectivity index (χ4n) is 8.41. The van der Waals surface area contributed by atoms with Gasteiger partial charge in [0, 0.05) is 27.5 Å².